The first-order chi connectivity index (χ1) is 18.6. The van der Waals surface area contributed by atoms with Gasteiger partial charge < -0.3 is 11.5 Å². The van der Waals surface area contributed by atoms with Crippen LogP contribution < -0.4 is 11.5 Å². The van der Waals surface area contributed by atoms with Gasteiger partial charge in [0.05, 0.1) is 11.4 Å². The number of hydrogen-bond donors (Lipinski definition) is 2. The molecule has 1 aromatic heterocycles. The van der Waals surface area contributed by atoms with Crippen molar-refractivity contribution in [2.24, 2.45) is 0 Å². The Hall–Kier alpha value is -5.15. The maximum Gasteiger partial charge on any atom is 0.0715 e. The number of hydrogen-bond acceptors (Lipinski definition) is 3. The summed E-state index contributed by atoms with van der Waals surface area (Å²) in [6.45, 7) is 0. The van der Waals surface area contributed by atoms with E-state index in [4.69, 9.17) is 16.5 Å². The van der Waals surface area contributed by atoms with E-state index in [1.807, 2.05) is 42.5 Å². The molecule has 0 saturated heterocycles. The predicted octanol–water partition coefficient (Wildman–Crippen LogP) is 8.58. The summed E-state index contributed by atoms with van der Waals surface area (Å²) in [6, 6.07) is 47.7. The van der Waals surface area contributed by atoms with E-state index in [0.717, 1.165) is 67.3 Å². The topological polar surface area (TPSA) is 64.9 Å². The van der Waals surface area contributed by atoms with Crippen LogP contribution in [0.4, 0.5) is 11.4 Å². The predicted molar refractivity (Wildman–Crippen MR) is 160 cm³/mol. The van der Waals surface area contributed by atoms with Gasteiger partial charge in [-0.25, -0.2) is 4.98 Å². The molecule has 0 aliphatic carbocycles. The number of aromatic nitrogens is 1. The normalized spacial score (nSPS) is 10.8. The summed E-state index contributed by atoms with van der Waals surface area (Å²) in [5, 5.41) is 0. The molecule has 0 aliphatic rings. The zero-order valence-corrected chi connectivity index (χ0v) is 20.9. The van der Waals surface area contributed by atoms with Crippen molar-refractivity contribution in [2.45, 2.75) is 0 Å². The minimum atomic E-state index is 0.759. The standard InChI is InChI=1S/C35H27N3/c36-32-10-4-8-29(20-32)25-12-16-27(17-13-25)34-22-31(24-6-2-1-3-7-24)23-35(38-34)28-18-14-26(15-19-28)30-9-5-11-33(37)21-30/h1-23H,36-37H2. The Morgan fingerprint density at radius 1 is 0.316 bits per heavy atom. The van der Waals surface area contributed by atoms with Crippen LogP contribution in [0.2, 0.25) is 0 Å². The molecule has 182 valence electrons. The van der Waals surface area contributed by atoms with Gasteiger partial charge in [0.2, 0.25) is 0 Å². The van der Waals surface area contributed by atoms with E-state index in [0.29, 0.717) is 0 Å². The van der Waals surface area contributed by atoms with Crippen molar-refractivity contribution < 1.29 is 0 Å². The van der Waals surface area contributed by atoms with Gasteiger partial charge >= 0.3 is 0 Å². The lowest BCUT2D eigenvalue weighted by molar-refractivity contribution is 1.32. The minimum Gasteiger partial charge on any atom is -0.399 e. The molecule has 3 nitrogen and oxygen atoms in total. The number of nitrogens with two attached hydrogens (primary N) is 2. The van der Waals surface area contributed by atoms with E-state index in [9.17, 15) is 0 Å². The molecule has 6 aromatic rings. The average molecular weight is 490 g/mol. The number of nitrogen functional groups attached to an aromatic ring is 2. The van der Waals surface area contributed by atoms with Crippen molar-refractivity contribution in [3.05, 3.63) is 140 Å². The van der Waals surface area contributed by atoms with Gasteiger partial charge in [-0.3, -0.25) is 0 Å². The third-order valence-electron chi connectivity index (χ3n) is 6.73. The average Bonchev–Trinajstić information content (AvgIpc) is 2.97. The molecule has 0 atom stereocenters. The Balaban J connectivity index is 1.40. The van der Waals surface area contributed by atoms with E-state index in [1.54, 1.807) is 0 Å². The first-order valence-corrected chi connectivity index (χ1v) is 12.6. The maximum atomic E-state index is 5.99. The molecule has 1 heterocycles. The fourth-order valence-electron chi connectivity index (χ4n) is 4.73. The summed E-state index contributed by atoms with van der Waals surface area (Å²) in [6.07, 6.45) is 0. The Labute approximate surface area is 223 Å². The third-order valence-corrected chi connectivity index (χ3v) is 6.73. The molecule has 0 unspecified atom stereocenters. The summed E-state index contributed by atoms with van der Waals surface area (Å²) in [5.41, 5.74) is 24.2. The van der Waals surface area contributed by atoms with Gasteiger partial charge in [-0.15, -0.1) is 0 Å². The van der Waals surface area contributed by atoms with Crippen LogP contribution in [0.5, 0.6) is 0 Å². The fourth-order valence-corrected chi connectivity index (χ4v) is 4.73. The van der Waals surface area contributed by atoms with E-state index in [-0.39, 0.29) is 0 Å². The SMILES string of the molecule is Nc1cccc(-c2ccc(-c3cc(-c4ccccc4)cc(-c4ccc(-c5cccc(N)c5)cc4)n3)cc2)c1. The fraction of sp³-hybridized carbons (Fsp3) is 0. The lowest BCUT2D eigenvalue weighted by atomic mass is 9.97. The number of anilines is 2. The summed E-state index contributed by atoms with van der Waals surface area (Å²) >= 11 is 0. The Bertz CT molecular complexity index is 1600. The lowest BCUT2D eigenvalue weighted by Crippen LogP contribution is -1.92. The maximum absolute atomic E-state index is 5.99. The Morgan fingerprint density at radius 3 is 1.16 bits per heavy atom. The molecule has 4 N–H and O–H groups in total. The van der Waals surface area contributed by atoms with Gasteiger partial charge in [-0.2, -0.15) is 0 Å². The molecular weight excluding hydrogens is 462 g/mol. The van der Waals surface area contributed by atoms with Crippen LogP contribution in [0.1, 0.15) is 0 Å². The van der Waals surface area contributed by atoms with Crippen molar-refractivity contribution in [3.8, 4) is 55.9 Å². The number of benzene rings is 5. The second-order valence-corrected chi connectivity index (χ2v) is 9.40. The molecule has 3 heteroatoms. The quantitative estimate of drug-likeness (QED) is 0.238. The van der Waals surface area contributed by atoms with Crippen molar-refractivity contribution in [1.29, 1.82) is 0 Å². The molecule has 0 radical (unpaired) electrons. The van der Waals surface area contributed by atoms with Crippen LogP contribution in [-0.4, -0.2) is 4.98 Å². The molecule has 0 spiro atoms. The number of nitrogens with zero attached hydrogens (tertiary/aromatic N) is 1. The molecule has 0 bridgehead atoms. The monoisotopic (exact) mass is 489 g/mol. The first kappa shape index (κ1) is 23.3. The highest BCUT2D eigenvalue weighted by Gasteiger charge is 2.10. The van der Waals surface area contributed by atoms with Gasteiger partial charge in [0.1, 0.15) is 0 Å². The molecule has 38 heavy (non-hydrogen) atoms. The summed E-state index contributed by atoms with van der Waals surface area (Å²) in [4.78, 5) is 5.09. The second kappa shape index (κ2) is 10.1. The van der Waals surface area contributed by atoms with Gasteiger partial charge in [-0.05, 0) is 69.8 Å². The van der Waals surface area contributed by atoms with Crippen LogP contribution in [0.15, 0.2) is 140 Å². The Kier molecular flexibility index (Phi) is 6.17. The van der Waals surface area contributed by atoms with E-state index in [1.165, 1.54) is 0 Å². The van der Waals surface area contributed by atoms with Crippen molar-refractivity contribution >= 4 is 11.4 Å². The van der Waals surface area contributed by atoms with Crippen LogP contribution >= 0.6 is 0 Å². The highest BCUT2D eigenvalue weighted by molar-refractivity contribution is 5.79. The minimum absolute atomic E-state index is 0.759. The smallest absolute Gasteiger partial charge is 0.0715 e. The second-order valence-electron chi connectivity index (χ2n) is 9.40. The summed E-state index contributed by atoms with van der Waals surface area (Å²) in [7, 11) is 0. The Morgan fingerprint density at radius 2 is 0.711 bits per heavy atom. The first-order valence-electron chi connectivity index (χ1n) is 12.6. The third kappa shape index (κ3) is 4.91. The van der Waals surface area contributed by atoms with Crippen molar-refractivity contribution in [3.63, 3.8) is 0 Å². The molecule has 0 aliphatic heterocycles. The van der Waals surface area contributed by atoms with Crippen LogP contribution in [0, 0.1) is 0 Å². The zero-order valence-electron chi connectivity index (χ0n) is 20.9. The number of rotatable bonds is 5. The molecular formula is C35H27N3. The van der Waals surface area contributed by atoms with Gasteiger partial charge in [-0.1, -0.05) is 103 Å². The summed E-state index contributed by atoms with van der Waals surface area (Å²) < 4.78 is 0. The van der Waals surface area contributed by atoms with Crippen LogP contribution in [0.25, 0.3) is 55.9 Å². The molecule has 0 saturated carbocycles. The van der Waals surface area contributed by atoms with Gasteiger partial charge in [0.25, 0.3) is 0 Å². The molecule has 5 aromatic carbocycles. The van der Waals surface area contributed by atoms with Gasteiger partial charge in [0, 0.05) is 22.5 Å². The molecule has 0 amide bonds. The zero-order chi connectivity index (χ0) is 25.9. The van der Waals surface area contributed by atoms with Crippen LogP contribution in [0.3, 0.4) is 0 Å². The number of pyridine rings is 1. The summed E-state index contributed by atoms with van der Waals surface area (Å²) in [5.74, 6) is 0. The highest BCUT2D eigenvalue weighted by Crippen LogP contribution is 2.32. The van der Waals surface area contributed by atoms with E-state index >= 15 is 0 Å². The van der Waals surface area contributed by atoms with Crippen molar-refractivity contribution in [2.75, 3.05) is 11.5 Å². The molecule has 0 fully saturated rings. The van der Waals surface area contributed by atoms with Gasteiger partial charge in [0.15, 0.2) is 0 Å². The highest BCUT2D eigenvalue weighted by atomic mass is 14.7. The van der Waals surface area contributed by atoms with E-state index in [2.05, 4.69) is 97.1 Å². The van der Waals surface area contributed by atoms with Crippen LogP contribution in [-0.2, 0) is 0 Å². The van der Waals surface area contributed by atoms with E-state index < -0.39 is 0 Å². The molecule has 6 rings (SSSR count). The largest absolute Gasteiger partial charge is 0.399 e. The lowest BCUT2D eigenvalue weighted by Gasteiger charge is -2.12. The van der Waals surface area contributed by atoms with Crippen molar-refractivity contribution in [1.82, 2.24) is 4.98 Å².